The zero-order valence-corrected chi connectivity index (χ0v) is 11.7. The number of ether oxygens (including phenoxy) is 1. The largest absolute Gasteiger partial charge is 0.465 e. The van der Waals surface area contributed by atoms with Crippen molar-refractivity contribution in [3.8, 4) is 0 Å². The molecular weight excluding hydrogens is 297 g/mol. The van der Waals surface area contributed by atoms with Crippen molar-refractivity contribution >= 4 is 23.4 Å². The molecule has 2 aromatic rings. The standard InChI is InChI=1S/C14H10FNO4S/c1-20-14(17)12-8-9(15)2-7-13(12)21-11-5-3-10(4-6-11)16(18)19/h2-8H,1H3. The summed E-state index contributed by atoms with van der Waals surface area (Å²) in [7, 11) is 1.22. The van der Waals surface area contributed by atoms with Gasteiger partial charge in [-0.15, -0.1) is 0 Å². The predicted octanol–water partition coefficient (Wildman–Crippen LogP) is 3.67. The zero-order chi connectivity index (χ0) is 15.4. The second kappa shape index (κ2) is 6.36. The molecule has 108 valence electrons. The molecule has 0 atom stereocenters. The van der Waals surface area contributed by atoms with Gasteiger partial charge in [0.25, 0.3) is 5.69 Å². The van der Waals surface area contributed by atoms with Gasteiger partial charge >= 0.3 is 5.97 Å². The van der Waals surface area contributed by atoms with Crippen molar-refractivity contribution < 1.29 is 18.8 Å². The number of hydrogen-bond acceptors (Lipinski definition) is 5. The molecule has 0 aliphatic rings. The van der Waals surface area contributed by atoms with Crippen LogP contribution < -0.4 is 0 Å². The monoisotopic (exact) mass is 307 g/mol. The summed E-state index contributed by atoms with van der Waals surface area (Å²) in [6.07, 6.45) is 0. The molecule has 0 unspecified atom stereocenters. The maximum absolute atomic E-state index is 13.2. The molecule has 0 bridgehead atoms. The van der Waals surface area contributed by atoms with Gasteiger partial charge in [-0.1, -0.05) is 11.8 Å². The highest BCUT2D eigenvalue weighted by atomic mass is 32.2. The number of rotatable bonds is 4. The Kier molecular flexibility index (Phi) is 4.54. The first-order valence-electron chi connectivity index (χ1n) is 5.81. The highest BCUT2D eigenvalue weighted by Crippen LogP contribution is 2.32. The Morgan fingerprint density at radius 2 is 1.90 bits per heavy atom. The van der Waals surface area contributed by atoms with Crippen molar-refractivity contribution in [2.45, 2.75) is 9.79 Å². The van der Waals surface area contributed by atoms with Gasteiger partial charge in [-0.25, -0.2) is 9.18 Å². The number of benzene rings is 2. The third-order valence-electron chi connectivity index (χ3n) is 2.62. The van der Waals surface area contributed by atoms with Crippen molar-refractivity contribution in [3.05, 3.63) is 64.0 Å². The van der Waals surface area contributed by atoms with Gasteiger partial charge in [0.1, 0.15) is 5.82 Å². The summed E-state index contributed by atoms with van der Waals surface area (Å²) in [4.78, 5) is 22.9. The fraction of sp³-hybridized carbons (Fsp3) is 0.0714. The maximum Gasteiger partial charge on any atom is 0.339 e. The molecule has 0 saturated carbocycles. The average molecular weight is 307 g/mol. The number of halogens is 1. The molecule has 2 aromatic carbocycles. The summed E-state index contributed by atoms with van der Waals surface area (Å²) in [5.74, 6) is -1.18. The second-order valence-electron chi connectivity index (χ2n) is 3.99. The summed E-state index contributed by atoms with van der Waals surface area (Å²) in [6, 6.07) is 9.65. The number of non-ortho nitro benzene ring substituents is 1. The lowest BCUT2D eigenvalue weighted by molar-refractivity contribution is -0.384. The lowest BCUT2D eigenvalue weighted by atomic mass is 10.2. The van der Waals surface area contributed by atoms with E-state index in [0.29, 0.717) is 9.79 Å². The van der Waals surface area contributed by atoms with E-state index in [4.69, 9.17) is 0 Å². The molecular formula is C14H10FNO4S. The summed E-state index contributed by atoms with van der Waals surface area (Å²) in [6.45, 7) is 0. The van der Waals surface area contributed by atoms with Crippen molar-refractivity contribution in [1.29, 1.82) is 0 Å². The second-order valence-corrected chi connectivity index (χ2v) is 5.10. The summed E-state index contributed by atoms with van der Waals surface area (Å²) >= 11 is 1.20. The first-order valence-corrected chi connectivity index (χ1v) is 6.63. The quantitative estimate of drug-likeness (QED) is 0.489. The molecule has 21 heavy (non-hydrogen) atoms. The molecule has 0 aliphatic heterocycles. The minimum Gasteiger partial charge on any atom is -0.465 e. The van der Waals surface area contributed by atoms with E-state index in [9.17, 15) is 19.3 Å². The van der Waals surface area contributed by atoms with E-state index in [0.717, 1.165) is 6.07 Å². The number of carbonyl (C=O) groups is 1. The van der Waals surface area contributed by atoms with E-state index in [1.54, 1.807) is 12.1 Å². The van der Waals surface area contributed by atoms with Gasteiger partial charge in [-0.05, 0) is 30.3 Å². The summed E-state index contributed by atoms with van der Waals surface area (Å²) in [5, 5.41) is 10.6. The normalized spacial score (nSPS) is 10.2. The average Bonchev–Trinajstić information content (AvgIpc) is 2.48. The van der Waals surface area contributed by atoms with Gasteiger partial charge in [-0.3, -0.25) is 10.1 Å². The van der Waals surface area contributed by atoms with E-state index < -0.39 is 16.7 Å². The number of hydrogen-bond donors (Lipinski definition) is 0. The van der Waals surface area contributed by atoms with E-state index in [2.05, 4.69) is 4.74 Å². The highest BCUT2D eigenvalue weighted by Gasteiger charge is 2.14. The summed E-state index contributed by atoms with van der Waals surface area (Å²) < 4.78 is 17.8. The molecule has 0 aromatic heterocycles. The molecule has 0 N–H and O–H groups in total. The lowest BCUT2D eigenvalue weighted by Crippen LogP contribution is -2.03. The molecule has 0 spiro atoms. The molecule has 0 saturated heterocycles. The number of nitrogens with zero attached hydrogens (tertiary/aromatic N) is 1. The van der Waals surface area contributed by atoms with Crippen molar-refractivity contribution in [2.75, 3.05) is 7.11 Å². The van der Waals surface area contributed by atoms with Crippen LogP contribution in [0.1, 0.15) is 10.4 Å². The highest BCUT2D eigenvalue weighted by molar-refractivity contribution is 7.99. The van der Waals surface area contributed by atoms with Gasteiger partial charge < -0.3 is 4.74 Å². The molecule has 0 amide bonds. The minimum absolute atomic E-state index is 0.0216. The number of carbonyl (C=O) groups excluding carboxylic acids is 1. The topological polar surface area (TPSA) is 69.4 Å². The molecule has 5 nitrogen and oxygen atoms in total. The number of esters is 1. The molecule has 0 aliphatic carbocycles. The third kappa shape index (κ3) is 3.57. The van der Waals surface area contributed by atoms with Crippen molar-refractivity contribution in [3.63, 3.8) is 0 Å². The Labute approximate surface area is 123 Å². The van der Waals surface area contributed by atoms with Crippen LogP contribution in [-0.2, 0) is 4.74 Å². The lowest BCUT2D eigenvalue weighted by Gasteiger charge is -2.07. The van der Waals surface area contributed by atoms with Crippen LogP contribution in [0.5, 0.6) is 0 Å². The van der Waals surface area contributed by atoms with Crippen molar-refractivity contribution in [1.82, 2.24) is 0 Å². The molecule has 0 fully saturated rings. The fourth-order valence-electron chi connectivity index (χ4n) is 1.62. The fourth-order valence-corrected chi connectivity index (χ4v) is 2.54. The van der Waals surface area contributed by atoms with Crippen LogP contribution in [0.4, 0.5) is 10.1 Å². The van der Waals surface area contributed by atoms with E-state index in [1.807, 2.05) is 0 Å². The van der Waals surface area contributed by atoms with E-state index in [-0.39, 0.29) is 11.3 Å². The van der Waals surface area contributed by atoms with Crippen LogP contribution in [0.3, 0.4) is 0 Å². The zero-order valence-electron chi connectivity index (χ0n) is 10.9. The van der Waals surface area contributed by atoms with E-state index >= 15 is 0 Å². The van der Waals surface area contributed by atoms with E-state index in [1.165, 1.54) is 43.1 Å². The first-order chi connectivity index (χ1) is 10.0. The Balaban J connectivity index is 2.30. The van der Waals surface area contributed by atoms with Crippen LogP contribution in [-0.4, -0.2) is 18.0 Å². The molecule has 2 rings (SSSR count). The summed E-state index contributed by atoms with van der Waals surface area (Å²) in [5.41, 5.74) is 0.0903. The van der Waals surface area contributed by atoms with Gasteiger partial charge in [0.15, 0.2) is 0 Å². The SMILES string of the molecule is COC(=O)c1cc(F)ccc1Sc1ccc([N+](=O)[O-])cc1. The van der Waals surface area contributed by atoms with Crippen LogP contribution in [0.25, 0.3) is 0 Å². The van der Waals surface area contributed by atoms with Crippen LogP contribution >= 0.6 is 11.8 Å². The smallest absolute Gasteiger partial charge is 0.339 e. The molecule has 0 radical (unpaired) electrons. The van der Waals surface area contributed by atoms with Crippen LogP contribution in [0, 0.1) is 15.9 Å². The Morgan fingerprint density at radius 1 is 1.24 bits per heavy atom. The Hall–Kier alpha value is -2.41. The molecule has 0 heterocycles. The minimum atomic E-state index is -0.640. The number of nitro benzene ring substituents is 1. The first kappa shape index (κ1) is 15.0. The van der Waals surface area contributed by atoms with Crippen molar-refractivity contribution in [2.24, 2.45) is 0 Å². The predicted molar refractivity (Wildman–Crippen MR) is 75.0 cm³/mol. The number of nitro groups is 1. The van der Waals surface area contributed by atoms with Gasteiger partial charge in [0, 0.05) is 21.9 Å². The maximum atomic E-state index is 13.2. The Morgan fingerprint density at radius 3 is 2.48 bits per heavy atom. The third-order valence-corrected chi connectivity index (χ3v) is 3.71. The number of methoxy groups -OCH3 is 1. The van der Waals surface area contributed by atoms with Crippen LogP contribution in [0.15, 0.2) is 52.3 Å². The Bertz CT molecular complexity index is 688. The van der Waals surface area contributed by atoms with Gasteiger partial charge in [0.05, 0.1) is 17.6 Å². The van der Waals surface area contributed by atoms with Gasteiger partial charge in [0.2, 0.25) is 0 Å². The van der Waals surface area contributed by atoms with Gasteiger partial charge in [-0.2, -0.15) is 0 Å². The van der Waals surface area contributed by atoms with Crippen LogP contribution in [0.2, 0.25) is 0 Å². The molecule has 7 heteroatoms.